The molecule has 0 aliphatic carbocycles. The Morgan fingerprint density at radius 2 is 1.89 bits per heavy atom. The molecule has 102 valence electrons. The molecular weight excluding hydrogens is 224 g/mol. The number of hydrogen-bond donors (Lipinski definition) is 1. The summed E-state index contributed by atoms with van der Waals surface area (Å²) >= 11 is 0. The van der Waals surface area contributed by atoms with Crippen molar-refractivity contribution in [3.05, 3.63) is 23.3 Å². The molecule has 1 aromatic carbocycles. The maximum absolute atomic E-state index is 5.63. The second-order valence-corrected chi connectivity index (χ2v) is 5.80. The Bertz CT molecular complexity index is 408. The van der Waals surface area contributed by atoms with Gasteiger partial charge in [0, 0.05) is 31.4 Å². The predicted molar refractivity (Wildman–Crippen MR) is 78.8 cm³/mol. The lowest BCUT2D eigenvalue weighted by Gasteiger charge is -2.27. The molecule has 2 N–H and O–H groups in total. The van der Waals surface area contributed by atoms with E-state index in [4.69, 9.17) is 10.5 Å². The average molecular weight is 250 g/mol. The van der Waals surface area contributed by atoms with Crippen LogP contribution in [0.15, 0.2) is 12.1 Å². The van der Waals surface area contributed by atoms with Crippen molar-refractivity contribution in [3.63, 3.8) is 0 Å². The lowest BCUT2D eigenvalue weighted by atomic mass is 9.85. The molecule has 1 aromatic rings. The molecule has 1 rings (SSSR count). The van der Waals surface area contributed by atoms with Crippen molar-refractivity contribution in [1.29, 1.82) is 0 Å². The van der Waals surface area contributed by atoms with Gasteiger partial charge in [0.2, 0.25) is 0 Å². The summed E-state index contributed by atoms with van der Waals surface area (Å²) in [5.41, 5.74) is 9.37. The monoisotopic (exact) mass is 250 g/mol. The van der Waals surface area contributed by atoms with E-state index in [0.29, 0.717) is 6.54 Å². The molecule has 0 amide bonds. The Labute approximate surface area is 111 Å². The molecule has 0 saturated heterocycles. The number of rotatable bonds is 4. The topological polar surface area (TPSA) is 38.5 Å². The van der Waals surface area contributed by atoms with Crippen LogP contribution < -0.4 is 15.4 Å². The van der Waals surface area contributed by atoms with E-state index in [1.54, 1.807) is 7.11 Å². The zero-order chi connectivity index (χ0) is 13.9. The summed E-state index contributed by atoms with van der Waals surface area (Å²) < 4.78 is 5.50. The lowest BCUT2D eigenvalue weighted by molar-refractivity contribution is 0.397. The zero-order valence-electron chi connectivity index (χ0n) is 12.5. The minimum absolute atomic E-state index is 0.0668. The molecule has 0 spiro atoms. The molecule has 3 nitrogen and oxygen atoms in total. The van der Waals surface area contributed by atoms with Crippen LogP contribution in [0.5, 0.6) is 5.75 Å². The number of methoxy groups -OCH3 is 1. The Morgan fingerprint density at radius 3 is 2.33 bits per heavy atom. The highest BCUT2D eigenvalue weighted by molar-refractivity contribution is 5.60. The van der Waals surface area contributed by atoms with Crippen molar-refractivity contribution in [1.82, 2.24) is 0 Å². The summed E-state index contributed by atoms with van der Waals surface area (Å²) in [5, 5.41) is 0. The van der Waals surface area contributed by atoms with Crippen molar-refractivity contribution in [2.45, 2.75) is 33.1 Å². The first-order valence-corrected chi connectivity index (χ1v) is 6.41. The van der Waals surface area contributed by atoms with E-state index in [9.17, 15) is 0 Å². The molecule has 3 heteroatoms. The van der Waals surface area contributed by atoms with Crippen molar-refractivity contribution < 1.29 is 4.74 Å². The van der Waals surface area contributed by atoms with Gasteiger partial charge in [-0.3, -0.25) is 0 Å². The normalized spacial score (nSPS) is 11.5. The number of aryl methyl sites for hydroxylation is 1. The highest BCUT2D eigenvalue weighted by Gasteiger charge is 2.21. The molecule has 0 heterocycles. The molecule has 0 fully saturated rings. The third-order valence-corrected chi connectivity index (χ3v) is 3.20. The van der Waals surface area contributed by atoms with E-state index in [0.717, 1.165) is 12.3 Å². The van der Waals surface area contributed by atoms with Crippen molar-refractivity contribution in [2.24, 2.45) is 5.73 Å². The minimum atomic E-state index is 0.0668. The number of anilines is 1. The molecule has 0 saturated carbocycles. The highest BCUT2D eigenvalue weighted by Crippen LogP contribution is 2.36. The second-order valence-electron chi connectivity index (χ2n) is 5.80. The third kappa shape index (κ3) is 3.16. The minimum Gasteiger partial charge on any atom is -0.496 e. The maximum Gasteiger partial charge on any atom is 0.122 e. The summed E-state index contributed by atoms with van der Waals surface area (Å²) in [6.45, 7) is 10.2. The summed E-state index contributed by atoms with van der Waals surface area (Å²) in [4.78, 5) is 2.20. The van der Waals surface area contributed by atoms with Gasteiger partial charge in [-0.05, 0) is 30.0 Å². The van der Waals surface area contributed by atoms with E-state index in [-0.39, 0.29) is 5.41 Å². The average Bonchev–Trinajstić information content (AvgIpc) is 2.27. The van der Waals surface area contributed by atoms with Gasteiger partial charge in [0.1, 0.15) is 5.75 Å². The highest BCUT2D eigenvalue weighted by atomic mass is 16.5. The van der Waals surface area contributed by atoms with Crippen LogP contribution in [0.1, 0.15) is 31.9 Å². The molecular formula is C15H26N2O. The van der Waals surface area contributed by atoms with Crippen LogP contribution in [0.2, 0.25) is 0 Å². The number of hydrogen-bond acceptors (Lipinski definition) is 3. The summed E-state index contributed by atoms with van der Waals surface area (Å²) in [6.07, 6.45) is 0. The Morgan fingerprint density at radius 1 is 1.28 bits per heavy atom. The van der Waals surface area contributed by atoms with E-state index in [1.165, 1.54) is 16.8 Å². The van der Waals surface area contributed by atoms with Gasteiger partial charge in [0.25, 0.3) is 0 Å². The summed E-state index contributed by atoms with van der Waals surface area (Å²) in [7, 11) is 3.81. The van der Waals surface area contributed by atoms with Gasteiger partial charge in [0.15, 0.2) is 0 Å². The fourth-order valence-electron chi connectivity index (χ4n) is 2.15. The fraction of sp³-hybridized carbons (Fsp3) is 0.600. The smallest absolute Gasteiger partial charge is 0.122 e. The standard InChI is InChI=1S/C15H26N2O/c1-11-9-14(18-6)12(15(2,3)4)10-13(11)17(5)8-7-16/h9-10H,7-8,16H2,1-6H3. The van der Waals surface area contributed by atoms with Gasteiger partial charge in [-0.2, -0.15) is 0 Å². The van der Waals surface area contributed by atoms with Gasteiger partial charge in [-0.25, -0.2) is 0 Å². The second kappa shape index (κ2) is 5.61. The van der Waals surface area contributed by atoms with Gasteiger partial charge in [0.05, 0.1) is 7.11 Å². The number of likely N-dealkylation sites (N-methyl/N-ethyl adjacent to an activating group) is 1. The molecule has 0 aliphatic heterocycles. The van der Waals surface area contributed by atoms with Crippen LogP contribution >= 0.6 is 0 Å². The molecule has 0 bridgehead atoms. The molecule has 18 heavy (non-hydrogen) atoms. The van der Waals surface area contributed by atoms with Crippen LogP contribution in [0.3, 0.4) is 0 Å². The fourth-order valence-corrected chi connectivity index (χ4v) is 2.15. The first kappa shape index (κ1) is 14.8. The van der Waals surface area contributed by atoms with Gasteiger partial charge in [-0.1, -0.05) is 20.8 Å². The largest absolute Gasteiger partial charge is 0.496 e. The van der Waals surface area contributed by atoms with Crippen molar-refractivity contribution in [3.8, 4) is 5.75 Å². The van der Waals surface area contributed by atoms with Gasteiger partial charge in [-0.15, -0.1) is 0 Å². The van der Waals surface area contributed by atoms with Gasteiger partial charge >= 0.3 is 0 Å². The quantitative estimate of drug-likeness (QED) is 0.893. The summed E-state index contributed by atoms with van der Waals surface area (Å²) in [6, 6.07) is 4.34. The molecule has 0 aromatic heterocycles. The van der Waals surface area contributed by atoms with Crippen LogP contribution in [0.4, 0.5) is 5.69 Å². The van der Waals surface area contributed by atoms with Gasteiger partial charge < -0.3 is 15.4 Å². The first-order chi connectivity index (χ1) is 8.31. The summed E-state index contributed by atoms with van der Waals surface area (Å²) in [5.74, 6) is 0.963. The molecule has 0 unspecified atom stereocenters. The van der Waals surface area contributed by atoms with E-state index >= 15 is 0 Å². The Balaban J connectivity index is 3.30. The van der Waals surface area contributed by atoms with Crippen LogP contribution in [0.25, 0.3) is 0 Å². The molecule has 0 atom stereocenters. The number of benzene rings is 1. The first-order valence-electron chi connectivity index (χ1n) is 6.41. The van der Waals surface area contributed by atoms with E-state index in [1.807, 2.05) is 0 Å². The lowest BCUT2D eigenvalue weighted by Crippen LogP contribution is -2.26. The van der Waals surface area contributed by atoms with E-state index < -0.39 is 0 Å². The van der Waals surface area contributed by atoms with E-state index in [2.05, 4.69) is 51.8 Å². The van der Waals surface area contributed by atoms with Crippen molar-refractivity contribution >= 4 is 5.69 Å². The Kier molecular flexibility index (Phi) is 4.63. The zero-order valence-corrected chi connectivity index (χ0v) is 12.5. The Hall–Kier alpha value is -1.22. The number of nitrogens with two attached hydrogens (primary N) is 1. The maximum atomic E-state index is 5.63. The molecule has 0 aliphatic rings. The number of ether oxygens (including phenoxy) is 1. The third-order valence-electron chi connectivity index (χ3n) is 3.20. The van der Waals surface area contributed by atoms with Crippen LogP contribution in [-0.4, -0.2) is 27.2 Å². The number of nitrogens with zero attached hydrogens (tertiary/aromatic N) is 1. The van der Waals surface area contributed by atoms with Crippen molar-refractivity contribution in [2.75, 3.05) is 32.1 Å². The van der Waals surface area contributed by atoms with Crippen LogP contribution in [-0.2, 0) is 5.41 Å². The molecule has 0 radical (unpaired) electrons. The SMILES string of the molecule is COc1cc(C)c(N(C)CCN)cc1C(C)(C)C. The predicted octanol–water partition coefficient (Wildman–Crippen LogP) is 2.70. The van der Waals surface area contributed by atoms with Crippen LogP contribution in [0, 0.1) is 6.92 Å².